The van der Waals surface area contributed by atoms with Gasteiger partial charge in [-0.1, -0.05) is 169 Å². The molecule has 1 aromatic heterocycles. The second-order valence-corrected chi connectivity index (χ2v) is 18.7. The van der Waals surface area contributed by atoms with E-state index in [1.54, 1.807) is 0 Å². The molecule has 0 radical (unpaired) electrons. The van der Waals surface area contributed by atoms with Crippen LogP contribution in [0.5, 0.6) is 0 Å². The molecular formula is C55H47NS. The van der Waals surface area contributed by atoms with Gasteiger partial charge < -0.3 is 4.90 Å². The molecule has 2 aliphatic carbocycles. The van der Waals surface area contributed by atoms with Crippen molar-refractivity contribution < 1.29 is 0 Å². The zero-order valence-electron chi connectivity index (χ0n) is 33.6. The molecule has 1 nitrogen and oxygen atoms in total. The maximum atomic E-state index is 2.54. The predicted molar refractivity (Wildman–Crippen MR) is 244 cm³/mol. The maximum Gasteiger partial charge on any atom is 0.0819 e. The lowest BCUT2D eigenvalue weighted by Gasteiger charge is -2.33. The largest absolute Gasteiger partial charge is 0.310 e. The van der Waals surface area contributed by atoms with Gasteiger partial charge in [0.2, 0.25) is 0 Å². The fourth-order valence-corrected chi connectivity index (χ4v) is 10.4. The Morgan fingerprint density at radius 1 is 0.386 bits per heavy atom. The smallest absolute Gasteiger partial charge is 0.0819 e. The summed E-state index contributed by atoms with van der Waals surface area (Å²) in [6.07, 6.45) is 0. The number of fused-ring (bicyclic) bond motifs is 10. The van der Waals surface area contributed by atoms with Crippen molar-refractivity contribution in [1.82, 2.24) is 0 Å². The summed E-state index contributed by atoms with van der Waals surface area (Å²) in [5.41, 5.74) is 20.1. The highest BCUT2D eigenvalue weighted by atomic mass is 32.1. The molecule has 0 saturated carbocycles. The first-order valence-electron chi connectivity index (χ1n) is 20.2. The zero-order chi connectivity index (χ0) is 39.1. The van der Waals surface area contributed by atoms with Crippen molar-refractivity contribution >= 4 is 28.4 Å². The van der Waals surface area contributed by atoms with Crippen molar-refractivity contribution in [3.63, 3.8) is 0 Å². The lowest BCUT2D eigenvalue weighted by molar-refractivity contribution is 0.587. The fourth-order valence-electron chi connectivity index (χ4n) is 9.28. The molecule has 7 aromatic carbocycles. The van der Waals surface area contributed by atoms with E-state index in [9.17, 15) is 0 Å². The van der Waals surface area contributed by atoms with Gasteiger partial charge in [0.05, 0.1) is 5.41 Å². The molecule has 57 heavy (non-hydrogen) atoms. The van der Waals surface area contributed by atoms with Gasteiger partial charge in [-0.05, 0) is 131 Å². The molecule has 0 bridgehead atoms. The van der Waals surface area contributed by atoms with Gasteiger partial charge in [0.1, 0.15) is 0 Å². The maximum absolute atomic E-state index is 2.54. The van der Waals surface area contributed by atoms with Crippen molar-refractivity contribution in [2.24, 2.45) is 0 Å². The minimum Gasteiger partial charge on any atom is -0.310 e. The topological polar surface area (TPSA) is 3.24 Å². The minimum absolute atomic E-state index is 0.00953. The highest BCUT2D eigenvalue weighted by Crippen LogP contribution is 2.65. The van der Waals surface area contributed by atoms with Crippen LogP contribution in [0.3, 0.4) is 0 Å². The van der Waals surface area contributed by atoms with E-state index in [0.29, 0.717) is 0 Å². The second kappa shape index (κ2) is 13.0. The van der Waals surface area contributed by atoms with Crippen LogP contribution in [0.1, 0.15) is 74.2 Å². The molecule has 0 atom stereocenters. The van der Waals surface area contributed by atoms with Gasteiger partial charge in [-0.25, -0.2) is 0 Å². The molecule has 0 N–H and O–H groups in total. The van der Waals surface area contributed by atoms with E-state index in [2.05, 4.69) is 222 Å². The van der Waals surface area contributed by atoms with E-state index in [0.717, 1.165) is 17.1 Å². The third kappa shape index (κ3) is 5.64. The molecule has 10 rings (SSSR count). The highest BCUT2D eigenvalue weighted by Gasteiger charge is 2.53. The predicted octanol–water partition coefficient (Wildman–Crippen LogP) is 15.5. The number of hydrogen-bond donors (Lipinski definition) is 0. The Balaban J connectivity index is 1.23. The van der Waals surface area contributed by atoms with Crippen molar-refractivity contribution in [3.05, 3.63) is 208 Å². The number of rotatable bonds is 5. The van der Waals surface area contributed by atoms with Crippen LogP contribution in [-0.2, 0) is 16.2 Å². The number of anilines is 3. The molecule has 1 heterocycles. The van der Waals surface area contributed by atoms with Crippen LogP contribution in [0.25, 0.3) is 44.5 Å². The van der Waals surface area contributed by atoms with Gasteiger partial charge in [0, 0.05) is 21.9 Å². The van der Waals surface area contributed by atoms with Crippen LogP contribution >= 0.6 is 11.3 Å². The molecule has 278 valence electrons. The monoisotopic (exact) mass is 753 g/mol. The van der Waals surface area contributed by atoms with Crippen molar-refractivity contribution in [2.45, 2.75) is 57.8 Å². The zero-order valence-corrected chi connectivity index (χ0v) is 34.4. The Kier molecular flexibility index (Phi) is 8.12. The van der Waals surface area contributed by atoms with Gasteiger partial charge in [-0.3, -0.25) is 0 Å². The molecule has 2 aliphatic rings. The Morgan fingerprint density at radius 2 is 0.860 bits per heavy atom. The standard InChI is InChI=1S/C55H47NS/c1-53(2,3)40-22-27-45-46-28-23-41(54(4,5)6)34-50(46)55(49(45)33-40)51-35-44(26-29-47(51)48-30-31-57-52(48)55)56(42-24-20-38(21-25-42)36-14-9-7-10-15-36)43-19-13-18-39(32-43)37-16-11-8-12-17-37/h7-35H,1-6H3. The summed E-state index contributed by atoms with van der Waals surface area (Å²) in [5, 5.41) is 2.30. The van der Waals surface area contributed by atoms with Crippen LogP contribution in [-0.4, -0.2) is 0 Å². The summed E-state index contributed by atoms with van der Waals surface area (Å²) in [6.45, 7) is 14.0. The van der Waals surface area contributed by atoms with Gasteiger partial charge in [0.15, 0.2) is 0 Å². The molecule has 0 unspecified atom stereocenters. The molecule has 0 amide bonds. The summed E-state index contributed by atoms with van der Waals surface area (Å²) in [4.78, 5) is 3.88. The molecule has 1 spiro atoms. The highest BCUT2D eigenvalue weighted by molar-refractivity contribution is 7.11. The van der Waals surface area contributed by atoms with Crippen LogP contribution in [0, 0.1) is 0 Å². The van der Waals surface area contributed by atoms with Crippen molar-refractivity contribution in [3.8, 4) is 44.5 Å². The van der Waals surface area contributed by atoms with Gasteiger partial charge in [-0.15, -0.1) is 11.3 Å². The molecule has 0 saturated heterocycles. The van der Waals surface area contributed by atoms with E-state index < -0.39 is 5.41 Å². The first-order valence-corrected chi connectivity index (χ1v) is 21.0. The van der Waals surface area contributed by atoms with Crippen LogP contribution in [0.15, 0.2) is 175 Å². The van der Waals surface area contributed by atoms with E-state index in [1.807, 2.05) is 11.3 Å². The molecular weight excluding hydrogens is 707 g/mol. The third-order valence-corrected chi connectivity index (χ3v) is 13.3. The summed E-state index contributed by atoms with van der Waals surface area (Å²) in [5.74, 6) is 0. The third-order valence-electron chi connectivity index (χ3n) is 12.3. The summed E-state index contributed by atoms with van der Waals surface area (Å²) >= 11 is 1.91. The Bertz CT molecular complexity index is 2730. The SMILES string of the molecule is CC(C)(C)c1ccc2c(c1)C1(c3cc(C(C)(C)C)ccc3-2)c2cc(N(c3ccc(-c4ccccc4)cc3)c3cccc(-c4ccccc4)c3)ccc2-c2ccsc21. The van der Waals surface area contributed by atoms with Crippen molar-refractivity contribution in [1.29, 1.82) is 0 Å². The van der Waals surface area contributed by atoms with Gasteiger partial charge in [-0.2, -0.15) is 0 Å². The quantitative estimate of drug-likeness (QED) is 0.169. The number of thiophene rings is 1. The van der Waals surface area contributed by atoms with Gasteiger partial charge in [0.25, 0.3) is 0 Å². The molecule has 2 heteroatoms. The molecule has 0 aliphatic heterocycles. The Morgan fingerprint density at radius 3 is 1.46 bits per heavy atom. The van der Waals surface area contributed by atoms with E-state index in [1.165, 1.54) is 77.2 Å². The molecule has 8 aromatic rings. The normalized spacial score (nSPS) is 13.6. The number of nitrogens with zero attached hydrogens (tertiary/aromatic N) is 1. The first kappa shape index (κ1) is 35.5. The van der Waals surface area contributed by atoms with E-state index in [-0.39, 0.29) is 10.8 Å². The lowest BCUT2D eigenvalue weighted by Crippen LogP contribution is -2.27. The van der Waals surface area contributed by atoms with Crippen molar-refractivity contribution in [2.75, 3.05) is 4.90 Å². The average Bonchev–Trinajstić information content (AvgIpc) is 3.90. The second-order valence-electron chi connectivity index (χ2n) is 17.8. The van der Waals surface area contributed by atoms with E-state index >= 15 is 0 Å². The van der Waals surface area contributed by atoms with Crippen LogP contribution in [0.4, 0.5) is 17.1 Å². The Labute approximate surface area is 342 Å². The first-order chi connectivity index (χ1) is 27.5. The minimum atomic E-state index is -0.434. The average molecular weight is 754 g/mol. The van der Waals surface area contributed by atoms with Crippen LogP contribution in [0.2, 0.25) is 0 Å². The number of hydrogen-bond acceptors (Lipinski definition) is 2. The van der Waals surface area contributed by atoms with Gasteiger partial charge >= 0.3 is 0 Å². The summed E-state index contributed by atoms with van der Waals surface area (Å²) < 4.78 is 0. The number of benzene rings is 7. The fraction of sp³-hybridized carbons (Fsp3) is 0.164. The van der Waals surface area contributed by atoms with E-state index in [4.69, 9.17) is 0 Å². The summed E-state index contributed by atoms with van der Waals surface area (Å²) in [6, 6.07) is 63.7. The summed E-state index contributed by atoms with van der Waals surface area (Å²) in [7, 11) is 0. The van der Waals surface area contributed by atoms with Crippen LogP contribution < -0.4 is 4.90 Å². The Hall–Kier alpha value is -5.96. The lowest BCUT2D eigenvalue weighted by atomic mass is 9.71. The molecule has 0 fully saturated rings.